The van der Waals surface area contributed by atoms with Gasteiger partial charge in [-0.15, -0.1) is 10.2 Å². The van der Waals surface area contributed by atoms with Gasteiger partial charge in [-0.25, -0.2) is 4.98 Å². The van der Waals surface area contributed by atoms with Gasteiger partial charge in [0.2, 0.25) is 5.91 Å². The molecule has 0 spiro atoms. The number of hydrogen-bond acceptors (Lipinski definition) is 5. The highest BCUT2D eigenvalue weighted by molar-refractivity contribution is 5.93. The zero-order valence-electron chi connectivity index (χ0n) is 16.2. The molecule has 1 aliphatic rings. The van der Waals surface area contributed by atoms with Crippen LogP contribution in [0.5, 0.6) is 0 Å². The van der Waals surface area contributed by atoms with Crippen LogP contribution in [0.3, 0.4) is 0 Å². The summed E-state index contributed by atoms with van der Waals surface area (Å²) in [6.45, 7) is 5.49. The molecule has 144 valence electrons. The molecular formula is C21H24N6O. The first-order chi connectivity index (χ1) is 13.6. The second-order valence-electron chi connectivity index (χ2n) is 7.23. The van der Waals surface area contributed by atoms with E-state index in [1.807, 2.05) is 61.0 Å². The lowest BCUT2D eigenvalue weighted by Gasteiger charge is -2.32. The van der Waals surface area contributed by atoms with Crippen molar-refractivity contribution >= 4 is 17.4 Å². The fraction of sp³-hybridized carbons (Fsp3) is 0.333. The SMILES string of the molecule is Cc1ccc(NC(=O)C2CCCN(c3ccc(-n4ccnc4C)nn3)C2)cc1. The normalized spacial score (nSPS) is 16.8. The first-order valence-electron chi connectivity index (χ1n) is 9.57. The van der Waals surface area contributed by atoms with Gasteiger partial charge in [0.25, 0.3) is 0 Å². The minimum atomic E-state index is -0.0626. The molecule has 28 heavy (non-hydrogen) atoms. The minimum absolute atomic E-state index is 0.0622. The fourth-order valence-electron chi connectivity index (χ4n) is 3.52. The smallest absolute Gasteiger partial charge is 0.229 e. The molecule has 1 aliphatic heterocycles. The molecule has 7 nitrogen and oxygen atoms in total. The first kappa shape index (κ1) is 18.2. The summed E-state index contributed by atoms with van der Waals surface area (Å²) in [4.78, 5) is 19.0. The van der Waals surface area contributed by atoms with Crippen LogP contribution in [-0.2, 0) is 4.79 Å². The van der Waals surface area contributed by atoms with E-state index in [4.69, 9.17) is 0 Å². The standard InChI is InChI=1S/C21H24N6O/c1-15-5-7-18(8-6-15)23-21(28)17-4-3-12-26(14-17)19-9-10-20(25-24-19)27-13-11-22-16(27)2/h5-11,13,17H,3-4,12,14H2,1-2H3,(H,23,28). The van der Waals surface area contributed by atoms with E-state index in [9.17, 15) is 4.79 Å². The number of anilines is 2. The summed E-state index contributed by atoms with van der Waals surface area (Å²) in [6.07, 6.45) is 5.45. The Balaban J connectivity index is 1.42. The predicted octanol–water partition coefficient (Wildman–Crippen LogP) is 3.13. The van der Waals surface area contributed by atoms with Gasteiger partial charge in [0.15, 0.2) is 11.6 Å². The molecule has 0 radical (unpaired) electrons. The Morgan fingerprint density at radius 2 is 1.82 bits per heavy atom. The van der Waals surface area contributed by atoms with Crippen LogP contribution >= 0.6 is 0 Å². The van der Waals surface area contributed by atoms with Gasteiger partial charge in [-0.2, -0.15) is 0 Å². The number of nitrogens with zero attached hydrogens (tertiary/aromatic N) is 5. The predicted molar refractivity (Wildman–Crippen MR) is 109 cm³/mol. The molecule has 1 atom stereocenters. The molecule has 3 aromatic rings. The summed E-state index contributed by atoms with van der Waals surface area (Å²) in [5.74, 6) is 2.41. The van der Waals surface area contributed by atoms with Crippen LogP contribution in [0, 0.1) is 19.8 Å². The molecule has 3 heterocycles. The van der Waals surface area contributed by atoms with Crippen LogP contribution in [0.2, 0.25) is 0 Å². The van der Waals surface area contributed by atoms with Crippen LogP contribution in [0.15, 0.2) is 48.8 Å². The van der Waals surface area contributed by atoms with E-state index in [2.05, 4.69) is 25.4 Å². The number of piperidine rings is 1. The van der Waals surface area contributed by atoms with E-state index >= 15 is 0 Å². The number of hydrogen-bond donors (Lipinski definition) is 1. The van der Waals surface area contributed by atoms with Crippen molar-refractivity contribution in [2.45, 2.75) is 26.7 Å². The topological polar surface area (TPSA) is 75.9 Å². The number of nitrogens with one attached hydrogen (secondary N) is 1. The lowest BCUT2D eigenvalue weighted by molar-refractivity contribution is -0.120. The maximum atomic E-state index is 12.7. The Morgan fingerprint density at radius 3 is 2.50 bits per heavy atom. The average molecular weight is 376 g/mol. The van der Waals surface area contributed by atoms with Crippen molar-refractivity contribution in [2.75, 3.05) is 23.3 Å². The number of rotatable bonds is 4. The number of amides is 1. The van der Waals surface area contributed by atoms with Gasteiger partial charge in [0, 0.05) is 31.2 Å². The summed E-state index contributed by atoms with van der Waals surface area (Å²) >= 11 is 0. The second kappa shape index (κ2) is 7.80. The van der Waals surface area contributed by atoms with Gasteiger partial charge >= 0.3 is 0 Å². The molecule has 4 rings (SSSR count). The summed E-state index contributed by atoms with van der Waals surface area (Å²) in [7, 11) is 0. The second-order valence-corrected chi connectivity index (χ2v) is 7.23. The van der Waals surface area contributed by atoms with Crippen LogP contribution in [0.1, 0.15) is 24.2 Å². The van der Waals surface area contributed by atoms with E-state index in [1.54, 1.807) is 6.20 Å². The first-order valence-corrected chi connectivity index (χ1v) is 9.57. The third kappa shape index (κ3) is 3.88. The maximum absolute atomic E-state index is 12.7. The average Bonchev–Trinajstić information content (AvgIpc) is 3.16. The van der Waals surface area contributed by atoms with E-state index in [0.29, 0.717) is 6.54 Å². The summed E-state index contributed by atoms with van der Waals surface area (Å²) in [6, 6.07) is 11.8. The molecule has 1 aromatic carbocycles. The molecule has 1 saturated heterocycles. The molecule has 1 N–H and O–H groups in total. The number of benzene rings is 1. The van der Waals surface area contributed by atoms with Crippen LogP contribution < -0.4 is 10.2 Å². The van der Waals surface area contributed by atoms with Crippen molar-refractivity contribution in [3.63, 3.8) is 0 Å². The van der Waals surface area contributed by atoms with Gasteiger partial charge in [-0.05, 0) is 51.0 Å². The van der Waals surface area contributed by atoms with Gasteiger partial charge in [-0.3, -0.25) is 9.36 Å². The molecule has 1 amide bonds. The molecule has 7 heteroatoms. The molecule has 0 bridgehead atoms. The van der Waals surface area contributed by atoms with Crippen molar-refractivity contribution in [1.82, 2.24) is 19.7 Å². The Labute approximate surface area is 164 Å². The maximum Gasteiger partial charge on any atom is 0.229 e. The van der Waals surface area contributed by atoms with E-state index in [-0.39, 0.29) is 11.8 Å². The van der Waals surface area contributed by atoms with Gasteiger partial charge in [0.05, 0.1) is 5.92 Å². The number of carbonyl (C=O) groups is 1. The Bertz CT molecular complexity index is 948. The highest BCUT2D eigenvalue weighted by Gasteiger charge is 2.27. The lowest BCUT2D eigenvalue weighted by atomic mass is 9.97. The Morgan fingerprint density at radius 1 is 1.07 bits per heavy atom. The molecule has 0 saturated carbocycles. The van der Waals surface area contributed by atoms with Crippen LogP contribution in [0.25, 0.3) is 5.82 Å². The largest absolute Gasteiger partial charge is 0.354 e. The minimum Gasteiger partial charge on any atom is -0.354 e. The zero-order chi connectivity index (χ0) is 19.5. The Kier molecular flexibility index (Phi) is 5.06. The Hall–Kier alpha value is -3.22. The number of aryl methyl sites for hydroxylation is 2. The molecular weight excluding hydrogens is 352 g/mol. The van der Waals surface area contributed by atoms with Crippen molar-refractivity contribution in [2.24, 2.45) is 5.92 Å². The summed E-state index contributed by atoms with van der Waals surface area (Å²) in [5, 5.41) is 11.7. The van der Waals surface area contributed by atoms with Crippen LogP contribution in [0.4, 0.5) is 11.5 Å². The lowest BCUT2D eigenvalue weighted by Crippen LogP contribution is -2.41. The summed E-state index contributed by atoms with van der Waals surface area (Å²) < 4.78 is 1.89. The highest BCUT2D eigenvalue weighted by atomic mass is 16.1. The van der Waals surface area contributed by atoms with Gasteiger partial charge < -0.3 is 10.2 Å². The number of aromatic nitrogens is 4. The molecule has 0 aliphatic carbocycles. The summed E-state index contributed by atoms with van der Waals surface area (Å²) in [5.41, 5.74) is 2.02. The van der Waals surface area contributed by atoms with Gasteiger partial charge in [-0.1, -0.05) is 17.7 Å². The molecule has 2 aromatic heterocycles. The molecule has 1 fully saturated rings. The van der Waals surface area contributed by atoms with Crippen molar-refractivity contribution < 1.29 is 4.79 Å². The van der Waals surface area contributed by atoms with E-state index < -0.39 is 0 Å². The fourth-order valence-corrected chi connectivity index (χ4v) is 3.52. The zero-order valence-corrected chi connectivity index (χ0v) is 16.2. The van der Waals surface area contributed by atoms with Crippen molar-refractivity contribution in [1.29, 1.82) is 0 Å². The van der Waals surface area contributed by atoms with E-state index in [1.165, 1.54) is 5.56 Å². The van der Waals surface area contributed by atoms with E-state index in [0.717, 1.165) is 42.5 Å². The molecule has 1 unspecified atom stereocenters. The quantitative estimate of drug-likeness (QED) is 0.757. The van der Waals surface area contributed by atoms with Crippen molar-refractivity contribution in [3.8, 4) is 5.82 Å². The number of carbonyl (C=O) groups excluding carboxylic acids is 1. The third-order valence-electron chi connectivity index (χ3n) is 5.14. The highest BCUT2D eigenvalue weighted by Crippen LogP contribution is 2.23. The number of imidazole rings is 1. The van der Waals surface area contributed by atoms with Crippen molar-refractivity contribution in [3.05, 3.63) is 60.2 Å². The third-order valence-corrected chi connectivity index (χ3v) is 5.14. The van der Waals surface area contributed by atoms with Gasteiger partial charge in [0.1, 0.15) is 5.82 Å². The van der Waals surface area contributed by atoms with Crippen LogP contribution in [-0.4, -0.2) is 38.7 Å². The monoisotopic (exact) mass is 376 g/mol.